The molecular weight excluding hydrogens is 246 g/mol. The van der Waals surface area contributed by atoms with Crippen LogP contribution in [0.1, 0.15) is 18.9 Å². The Balaban J connectivity index is 2.05. The summed E-state index contributed by atoms with van der Waals surface area (Å²) in [5.74, 6) is 0.0893. The van der Waals surface area contributed by atoms with Crippen LogP contribution in [0.4, 0.5) is 5.69 Å². The summed E-state index contributed by atoms with van der Waals surface area (Å²) in [6.45, 7) is 1.98. The number of hydrogen-bond donors (Lipinski definition) is 2. The molecule has 6 heteroatoms. The van der Waals surface area contributed by atoms with Gasteiger partial charge in [-0.15, -0.1) is 0 Å². The van der Waals surface area contributed by atoms with Gasteiger partial charge in [-0.25, -0.2) is 0 Å². The van der Waals surface area contributed by atoms with Crippen molar-refractivity contribution in [2.24, 2.45) is 0 Å². The second-order valence-electron chi connectivity index (χ2n) is 4.19. The Hall–Kier alpha value is -2.55. The Morgan fingerprint density at radius 3 is 3.11 bits per heavy atom. The van der Waals surface area contributed by atoms with Gasteiger partial charge >= 0.3 is 0 Å². The first kappa shape index (κ1) is 12.9. The molecule has 1 aromatic rings. The number of fused-ring (bicyclic) bond motifs is 1. The molecule has 6 nitrogen and oxygen atoms in total. The fourth-order valence-corrected chi connectivity index (χ4v) is 1.70. The Bertz CT molecular complexity index is 563. The van der Waals surface area contributed by atoms with Gasteiger partial charge in [-0.05, 0) is 24.6 Å². The molecule has 0 fully saturated rings. The lowest BCUT2D eigenvalue weighted by Crippen LogP contribution is -2.34. The second kappa shape index (κ2) is 5.40. The largest absolute Gasteiger partial charge is 0.479 e. The van der Waals surface area contributed by atoms with E-state index in [4.69, 9.17) is 10.00 Å². The quantitative estimate of drug-likeness (QED) is 0.845. The van der Waals surface area contributed by atoms with Crippen molar-refractivity contribution >= 4 is 17.5 Å². The summed E-state index contributed by atoms with van der Waals surface area (Å²) in [6, 6.07) is 7.07. The van der Waals surface area contributed by atoms with E-state index < -0.39 is 6.10 Å². The van der Waals surface area contributed by atoms with Crippen LogP contribution in [0.5, 0.6) is 5.75 Å². The Morgan fingerprint density at radius 2 is 2.37 bits per heavy atom. The fraction of sp³-hybridized carbons (Fsp3) is 0.308. The van der Waals surface area contributed by atoms with E-state index in [1.807, 2.05) is 0 Å². The highest BCUT2D eigenvalue weighted by Crippen LogP contribution is 2.30. The minimum absolute atomic E-state index is 0.164. The lowest BCUT2D eigenvalue weighted by Gasteiger charge is -2.23. The molecule has 0 saturated carbocycles. The minimum Gasteiger partial charge on any atom is -0.479 e. The standard InChI is InChI=1S/C13H13N3O3/c1-8-13(18)16-10-6-9(2-3-11(10)19-8)7-15-12(17)4-5-14/h2-3,6,8H,4,7H2,1H3,(H,15,17)(H,16,18). The van der Waals surface area contributed by atoms with E-state index in [1.165, 1.54) is 0 Å². The third-order valence-corrected chi connectivity index (χ3v) is 2.70. The van der Waals surface area contributed by atoms with Gasteiger partial charge in [-0.3, -0.25) is 9.59 Å². The smallest absolute Gasteiger partial charge is 0.265 e. The summed E-state index contributed by atoms with van der Waals surface area (Å²) in [5, 5.41) is 13.7. The number of hydrogen-bond acceptors (Lipinski definition) is 4. The maximum absolute atomic E-state index is 11.5. The molecular formula is C13H13N3O3. The molecule has 1 unspecified atom stereocenters. The monoisotopic (exact) mass is 259 g/mol. The van der Waals surface area contributed by atoms with Crippen LogP contribution in [0.3, 0.4) is 0 Å². The SMILES string of the molecule is CC1Oc2ccc(CNC(=O)CC#N)cc2NC1=O. The number of carbonyl (C=O) groups is 2. The molecule has 2 amide bonds. The van der Waals surface area contributed by atoms with Gasteiger partial charge in [-0.2, -0.15) is 5.26 Å². The van der Waals surface area contributed by atoms with Crippen molar-refractivity contribution in [1.29, 1.82) is 5.26 Å². The zero-order valence-corrected chi connectivity index (χ0v) is 10.4. The first-order chi connectivity index (χ1) is 9.10. The van der Waals surface area contributed by atoms with Crippen LogP contribution < -0.4 is 15.4 Å². The lowest BCUT2D eigenvalue weighted by molar-refractivity contribution is -0.123. The van der Waals surface area contributed by atoms with E-state index in [2.05, 4.69) is 10.6 Å². The third kappa shape index (κ3) is 3.01. The molecule has 2 rings (SSSR count). The normalized spacial score (nSPS) is 16.6. The maximum atomic E-state index is 11.5. The van der Waals surface area contributed by atoms with E-state index in [9.17, 15) is 9.59 Å². The Kier molecular flexibility index (Phi) is 3.66. The molecule has 1 atom stereocenters. The van der Waals surface area contributed by atoms with Crippen LogP contribution in [0.15, 0.2) is 18.2 Å². The highest BCUT2D eigenvalue weighted by atomic mass is 16.5. The van der Waals surface area contributed by atoms with Gasteiger partial charge in [0.05, 0.1) is 11.8 Å². The van der Waals surface area contributed by atoms with Gasteiger partial charge in [0.1, 0.15) is 12.2 Å². The predicted molar refractivity (Wildman–Crippen MR) is 67.2 cm³/mol. The van der Waals surface area contributed by atoms with E-state index in [0.717, 1.165) is 5.56 Å². The molecule has 19 heavy (non-hydrogen) atoms. The van der Waals surface area contributed by atoms with Gasteiger partial charge in [0.2, 0.25) is 5.91 Å². The number of benzene rings is 1. The fourth-order valence-electron chi connectivity index (χ4n) is 1.70. The number of anilines is 1. The number of carbonyl (C=O) groups excluding carboxylic acids is 2. The van der Waals surface area contributed by atoms with Crippen molar-refractivity contribution in [3.63, 3.8) is 0 Å². The third-order valence-electron chi connectivity index (χ3n) is 2.70. The minimum atomic E-state index is -0.506. The molecule has 98 valence electrons. The van der Waals surface area contributed by atoms with Crippen LogP contribution in [0.25, 0.3) is 0 Å². The van der Waals surface area contributed by atoms with Crippen molar-refractivity contribution in [3.05, 3.63) is 23.8 Å². The van der Waals surface area contributed by atoms with Gasteiger partial charge in [0.15, 0.2) is 6.10 Å². The molecule has 1 aliphatic heterocycles. The lowest BCUT2D eigenvalue weighted by atomic mass is 10.1. The maximum Gasteiger partial charge on any atom is 0.265 e. The number of nitriles is 1. The number of rotatable bonds is 3. The first-order valence-corrected chi connectivity index (χ1v) is 5.84. The summed E-state index contributed by atoms with van der Waals surface area (Å²) in [7, 11) is 0. The number of ether oxygens (including phenoxy) is 1. The highest BCUT2D eigenvalue weighted by molar-refractivity contribution is 5.97. The van der Waals surface area contributed by atoms with Crippen LogP contribution in [0, 0.1) is 11.3 Å². The van der Waals surface area contributed by atoms with Crippen molar-refractivity contribution in [2.75, 3.05) is 5.32 Å². The molecule has 1 aliphatic rings. The van der Waals surface area contributed by atoms with Crippen molar-refractivity contribution < 1.29 is 14.3 Å². The van der Waals surface area contributed by atoms with E-state index in [1.54, 1.807) is 31.2 Å². The topological polar surface area (TPSA) is 91.2 Å². The van der Waals surface area contributed by atoms with E-state index in [-0.39, 0.29) is 18.2 Å². The first-order valence-electron chi connectivity index (χ1n) is 5.84. The van der Waals surface area contributed by atoms with Gasteiger partial charge in [0.25, 0.3) is 5.91 Å². The van der Waals surface area contributed by atoms with Crippen molar-refractivity contribution in [1.82, 2.24) is 5.32 Å². The van der Waals surface area contributed by atoms with E-state index >= 15 is 0 Å². The van der Waals surface area contributed by atoms with Crippen molar-refractivity contribution in [2.45, 2.75) is 26.0 Å². The molecule has 1 aromatic carbocycles. The van der Waals surface area contributed by atoms with Crippen LogP contribution in [0.2, 0.25) is 0 Å². The van der Waals surface area contributed by atoms with E-state index in [0.29, 0.717) is 18.0 Å². The van der Waals surface area contributed by atoms with Gasteiger partial charge in [-0.1, -0.05) is 6.07 Å². The summed E-state index contributed by atoms with van der Waals surface area (Å²) in [5.41, 5.74) is 1.42. The predicted octanol–water partition coefficient (Wildman–Crippen LogP) is 0.936. The Labute approximate surface area is 110 Å². The average Bonchev–Trinajstić information content (AvgIpc) is 2.38. The van der Waals surface area contributed by atoms with Gasteiger partial charge < -0.3 is 15.4 Å². The average molecular weight is 259 g/mol. The Morgan fingerprint density at radius 1 is 1.58 bits per heavy atom. The molecule has 2 N–H and O–H groups in total. The zero-order valence-electron chi connectivity index (χ0n) is 10.4. The highest BCUT2D eigenvalue weighted by Gasteiger charge is 2.23. The van der Waals surface area contributed by atoms with Crippen LogP contribution in [-0.4, -0.2) is 17.9 Å². The second-order valence-corrected chi connectivity index (χ2v) is 4.19. The molecule has 1 heterocycles. The van der Waals surface area contributed by atoms with Crippen LogP contribution in [-0.2, 0) is 16.1 Å². The number of nitrogens with one attached hydrogen (secondary N) is 2. The molecule has 0 aromatic heterocycles. The number of amides is 2. The van der Waals surface area contributed by atoms with Crippen molar-refractivity contribution in [3.8, 4) is 11.8 Å². The molecule has 0 spiro atoms. The molecule has 0 radical (unpaired) electrons. The summed E-state index contributed by atoms with van der Waals surface area (Å²) >= 11 is 0. The summed E-state index contributed by atoms with van der Waals surface area (Å²) in [6.07, 6.45) is -0.670. The van der Waals surface area contributed by atoms with Gasteiger partial charge in [0, 0.05) is 6.54 Å². The molecule has 0 saturated heterocycles. The molecule has 0 bridgehead atoms. The summed E-state index contributed by atoms with van der Waals surface area (Å²) in [4.78, 5) is 22.6. The van der Waals surface area contributed by atoms with Crippen LogP contribution >= 0.6 is 0 Å². The zero-order chi connectivity index (χ0) is 13.8. The summed E-state index contributed by atoms with van der Waals surface area (Å²) < 4.78 is 5.42. The molecule has 0 aliphatic carbocycles. The number of nitrogens with zero attached hydrogens (tertiary/aromatic N) is 1.